The van der Waals surface area contributed by atoms with Gasteiger partial charge in [0, 0.05) is 6.42 Å². The molecule has 7 heteroatoms. The largest absolute Gasteiger partial charge is 0.491 e. The molecule has 0 spiro atoms. The van der Waals surface area contributed by atoms with Crippen molar-refractivity contribution >= 4 is 6.03 Å². The number of benzene rings is 1. The number of amides is 2. The van der Waals surface area contributed by atoms with Gasteiger partial charge in [-0.3, -0.25) is 5.21 Å². The van der Waals surface area contributed by atoms with Crippen LogP contribution in [-0.4, -0.2) is 41.7 Å². The average molecular weight is 322 g/mol. The Labute approximate surface area is 133 Å². The molecule has 124 valence electrons. The number of halogens is 1. The Bertz CT molecular complexity index is 582. The third-order valence-corrected chi connectivity index (χ3v) is 3.32. The molecule has 1 saturated heterocycles. The summed E-state index contributed by atoms with van der Waals surface area (Å²) in [6, 6.07) is 4.93. The lowest BCUT2D eigenvalue weighted by atomic mass is 10.2. The maximum atomic E-state index is 12.8. The highest BCUT2D eigenvalue weighted by atomic mass is 19.1. The van der Waals surface area contributed by atoms with E-state index in [4.69, 9.17) is 20.4 Å². The van der Waals surface area contributed by atoms with Gasteiger partial charge in [0.2, 0.25) is 0 Å². The Morgan fingerprint density at radius 1 is 1.43 bits per heavy atom. The lowest BCUT2D eigenvalue weighted by molar-refractivity contribution is -0.0373. The summed E-state index contributed by atoms with van der Waals surface area (Å²) in [4.78, 5) is 10.6. The molecule has 23 heavy (non-hydrogen) atoms. The first kappa shape index (κ1) is 17.1. The number of nitrogens with zero attached hydrogens (tertiary/aromatic N) is 1. The predicted octanol–water partition coefficient (Wildman–Crippen LogP) is 1.92. The lowest BCUT2D eigenvalue weighted by Gasteiger charge is -2.12. The zero-order chi connectivity index (χ0) is 16.7. The van der Waals surface area contributed by atoms with Gasteiger partial charge in [-0.1, -0.05) is 11.8 Å². The molecule has 0 aliphatic carbocycles. The van der Waals surface area contributed by atoms with Gasteiger partial charge in [-0.05, 0) is 37.1 Å². The van der Waals surface area contributed by atoms with Gasteiger partial charge in [-0.15, -0.1) is 0 Å². The van der Waals surface area contributed by atoms with E-state index in [0.29, 0.717) is 23.8 Å². The van der Waals surface area contributed by atoms with Crippen LogP contribution in [0.1, 0.15) is 19.3 Å². The minimum absolute atomic E-state index is 0.0562. The van der Waals surface area contributed by atoms with Crippen molar-refractivity contribution in [2.24, 2.45) is 5.73 Å². The van der Waals surface area contributed by atoms with E-state index in [2.05, 4.69) is 11.8 Å². The molecule has 0 bridgehead atoms. The standard InChI is InChI=1S/C16H19FN2O4/c17-12-4-6-13(7-5-12)22-11-15-9-8-14(23-15)3-1-2-10-19(21)16(18)20/h4-7,14-15,21H,2,8-11H2,(H2,18,20)/t14?,15-/m0/s1. The van der Waals surface area contributed by atoms with Gasteiger partial charge >= 0.3 is 6.03 Å². The first-order chi connectivity index (χ1) is 11.0. The van der Waals surface area contributed by atoms with E-state index in [1.807, 2.05) is 0 Å². The number of hydroxylamine groups is 2. The number of primary amides is 1. The minimum atomic E-state index is -0.901. The highest BCUT2D eigenvalue weighted by Crippen LogP contribution is 2.20. The summed E-state index contributed by atoms with van der Waals surface area (Å²) in [7, 11) is 0. The number of carbonyl (C=O) groups is 1. The molecule has 2 rings (SSSR count). The van der Waals surface area contributed by atoms with Crippen molar-refractivity contribution in [3.63, 3.8) is 0 Å². The fourth-order valence-corrected chi connectivity index (χ4v) is 2.11. The monoisotopic (exact) mass is 322 g/mol. The fourth-order valence-electron chi connectivity index (χ4n) is 2.11. The molecule has 1 aliphatic rings. The Balaban J connectivity index is 1.68. The minimum Gasteiger partial charge on any atom is -0.491 e. The molecule has 1 aliphatic heterocycles. The van der Waals surface area contributed by atoms with Crippen LogP contribution in [0.15, 0.2) is 24.3 Å². The van der Waals surface area contributed by atoms with Crippen LogP contribution in [-0.2, 0) is 4.74 Å². The van der Waals surface area contributed by atoms with Crippen LogP contribution in [0.2, 0.25) is 0 Å². The number of rotatable bonds is 5. The Morgan fingerprint density at radius 3 is 2.87 bits per heavy atom. The second kappa shape index (κ2) is 8.36. The molecule has 2 amide bonds. The third-order valence-electron chi connectivity index (χ3n) is 3.32. The molecule has 0 radical (unpaired) electrons. The Morgan fingerprint density at radius 2 is 2.17 bits per heavy atom. The zero-order valence-electron chi connectivity index (χ0n) is 12.6. The van der Waals surface area contributed by atoms with Gasteiger partial charge in [0.25, 0.3) is 0 Å². The fraction of sp³-hybridized carbons (Fsp3) is 0.438. The number of ether oxygens (including phenoxy) is 2. The van der Waals surface area contributed by atoms with E-state index in [0.717, 1.165) is 12.8 Å². The molecular formula is C16H19FN2O4. The van der Waals surface area contributed by atoms with Gasteiger partial charge in [0.05, 0.1) is 12.6 Å². The van der Waals surface area contributed by atoms with E-state index in [1.54, 1.807) is 12.1 Å². The molecule has 2 atom stereocenters. The Hall–Kier alpha value is -2.30. The summed E-state index contributed by atoms with van der Waals surface area (Å²) in [6.07, 6.45) is 1.70. The Kier molecular flexibility index (Phi) is 6.20. The van der Waals surface area contributed by atoms with Gasteiger partial charge < -0.3 is 15.2 Å². The summed E-state index contributed by atoms with van der Waals surface area (Å²) >= 11 is 0. The maximum absolute atomic E-state index is 12.8. The molecular weight excluding hydrogens is 303 g/mol. The molecule has 0 aromatic heterocycles. The maximum Gasteiger partial charge on any atom is 0.338 e. The van der Waals surface area contributed by atoms with Crippen molar-refractivity contribution < 1.29 is 23.9 Å². The smallest absolute Gasteiger partial charge is 0.338 e. The molecule has 1 aromatic rings. The van der Waals surface area contributed by atoms with Crippen molar-refractivity contribution in [1.29, 1.82) is 0 Å². The second-order valence-electron chi connectivity index (χ2n) is 5.12. The van der Waals surface area contributed by atoms with Crippen LogP contribution < -0.4 is 10.5 Å². The molecule has 1 heterocycles. The number of nitrogens with two attached hydrogens (primary N) is 1. The van der Waals surface area contributed by atoms with Crippen LogP contribution in [0.3, 0.4) is 0 Å². The van der Waals surface area contributed by atoms with E-state index < -0.39 is 6.03 Å². The molecule has 3 N–H and O–H groups in total. The second-order valence-corrected chi connectivity index (χ2v) is 5.12. The van der Waals surface area contributed by atoms with Crippen molar-refractivity contribution in [2.45, 2.75) is 31.5 Å². The van der Waals surface area contributed by atoms with Crippen molar-refractivity contribution in [3.05, 3.63) is 30.1 Å². The highest BCUT2D eigenvalue weighted by molar-refractivity contribution is 5.70. The SMILES string of the molecule is NC(=O)N(O)CCC#CC1CC[C@@H](COc2ccc(F)cc2)O1. The van der Waals surface area contributed by atoms with Crippen molar-refractivity contribution in [1.82, 2.24) is 5.06 Å². The summed E-state index contributed by atoms with van der Waals surface area (Å²) < 4.78 is 24.0. The van der Waals surface area contributed by atoms with Crippen LogP contribution in [0.5, 0.6) is 5.75 Å². The van der Waals surface area contributed by atoms with Crippen LogP contribution >= 0.6 is 0 Å². The van der Waals surface area contributed by atoms with Crippen LogP contribution in [0, 0.1) is 17.7 Å². The van der Waals surface area contributed by atoms with Crippen molar-refractivity contribution in [2.75, 3.05) is 13.2 Å². The summed E-state index contributed by atoms with van der Waals surface area (Å²) in [6.45, 7) is 0.446. The first-order valence-electron chi connectivity index (χ1n) is 7.32. The average Bonchev–Trinajstić information content (AvgIpc) is 2.98. The summed E-state index contributed by atoms with van der Waals surface area (Å²) in [5, 5.41) is 9.50. The zero-order valence-corrected chi connectivity index (χ0v) is 12.6. The van der Waals surface area contributed by atoms with E-state index in [9.17, 15) is 9.18 Å². The van der Waals surface area contributed by atoms with Crippen molar-refractivity contribution in [3.8, 4) is 17.6 Å². The summed E-state index contributed by atoms with van der Waals surface area (Å²) in [5.74, 6) is 6.08. The van der Waals surface area contributed by atoms with E-state index in [1.165, 1.54) is 12.1 Å². The number of carbonyl (C=O) groups excluding carboxylic acids is 1. The topological polar surface area (TPSA) is 85.0 Å². The van der Waals surface area contributed by atoms with Gasteiger partial charge in [0.1, 0.15) is 24.3 Å². The van der Waals surface area contributed by atoms with Crippen LogP contribution in [0.4, 0.5) is 9.18 Å². The first-order valence-corrected chi connectivity index (χ1v) is 7.32. The quantitative estimate of drug-likeness (QED) is 0.493. The molecule has 1 unspecified atom stereocenters. The van der Waals surface area contributed by atoms with Crippen LogP contribution in [0.25, 0.3) is 0 Å². The summed E-state index contributed by atoms with van der Waals surface area (Å²) in [5.41, 5.74) is 4.88. The lowest BCUT2D eigenvalue weighted by Crippen LogP contribution is -2.33. The van der Waals surface area contributed by atoms with Gasteiger partial charge in [0.15, 0.2) is 0 Å². The highest BCUT2D eigenvalue weighted by Gasteiger charge is 2.24. The number of hydrogen-bond donors (Lipinski definition) is 2. The number of urea groups is 1. The predicted molar refractivity (Wildman–Crippen MR) is 80.3 cm³/mol. The molecule has 1 fully saturated rings. The third kappa shape index (κ3) is 5.77. The molecule has 1 aromatic carbocycles. The van der Waals surface area contributed by atoms with E-state index >= 15 is 0 Å². The van der Waals surface area contributed by atoms with Gasteiger partial charge in [-0.25, -0.2) is 14.2 Å². The number of hydrogen-bond acceptors (Lipinski definition) is 4. The molecule has 6 nitrogen and oxygen atoms in total. The van der Waals surface area contributed by atoms with Gasteiger partial charge in [-0.2, -0.15) is 0 Å². The normalized spacial score (nSPS) is 19.7. The molecule has 0 saturated carbocycles. The van der Waals surface area contributed by atoms with E-state index in [-0.39, 0.29) is 24.6 Å².